The van der Waals surface area contributed by atoms with Crippen LogP contribution in [0.3, 0.4) is 0 Å². The molecule has 100 valence electrons. The zero-order valence-corrected chi connectivity index (χ0v) is 12.4. The lowest BCUT2D eigenvalue weighted by Gasteiger charge is -2.33. The minimum absolute atomic E-state index is 0.0781. The van der Waals surface area contributed by atoms with Gasteiger partial charge in [-0.2, -0.15) is 0 Å². The van der Waals surface area contributed by atoms with E-state index in [9.17, 15) is 4.79 Å². The van der Waals surface area contributed by atoms with Crippen LogP contribution >= 0.6 is 22.9 Å². The molecule has 1 fully saturated rings. The number of halogens is 1. The van der Waals surface area contributed by atoms with Gasteiger partial charge in [0.15, 0.2) is 0 Å². The van der Waals surface area contributed by atoms with Crippen LogP contribution in [-0.4, -0.2) is 36.5 Å². The number of hydrogen-bond acceptors (Lipinski definition) is 3. The van der Waals surface area contributed by atoms with E-state index in [-0.39, 0.29) is 5.91 Å². The summed E-state index contributed by atoms with van der Waals surface area (Å²) in [5.74, 6) is 0.0781. The van der Waals surface area contributed by atoms with Gasteiger partial charge < -0.3 is 10.2 Å². The Labute approximate surface area is 117 Å². The Morgan fingerprint density at radius 3 is 2.94 bits per heavy atom. The molecule has 1 aliphatic rings. The minimum atomic E-state index is 0.0781. The summed E-state index contributed by atoms with van der Waals surface area (Å²) in [6, 6.07) is 0.301. The van der Waals surface area contributed by atoms with Gasteiger partial charge in [0.1, 0.15) is 4.88 Å². The van der Waals surface area contributed by atoms with Crippen molar-refractivity contribution in [1.82, 2.24) is 10.2 Å². The van der Waals surface area contributed by atoms with Gasteiger partial charge in [0.25, 0.3) is 5.91 Å². The molecule has 0 saturated carbocycles. The molecule has 1 saturated heterocycles. The average molecular weight is 287 g/mol. The molecule has 1 aliphatic heterocycles. The van der Waals surface area contributed by atoms with Gasteiger partial charge in [-0.05, 0) is 44.2 Å². The molecule has 0 aliphatic carbocycles. The molecule has 3 nitrogen and oxygen atoms in total. The molecule has 0 aromatic carbocycles. The second kappa shape index (κ2) is 6.04. The summed E-state index contributed by atoms with van der Waals surface area (Å²) in [5, 5.41) is 5.92. The Morgan fingerprint density at radius 1 is 1.67 bits per heavy atom. The summed E-state index contributed by atoms with van der Waals surface area (Å²) >= 11 is 7.64. The number of aryl methyl sites for hydroxylation is 1. The van der Waals surface area contributed by atoms with Crippen LogP contribution in [0.15, 0.2) is 5.38 Å². The Balaban J connectivity index is 2.16. The first-order valence-corrected chi connectivity index (χ1v) is 7.66. The van der Waals surface area contributed by atoms with Crippen LogP contribution in [0.1, 0.15) is 35.0 Å². The standard InChI is InChI=1S/C13H19ClN2OS/c1-3-16(10-5-4-6-15-7-10)13(17)12-11(14)9(2)8-18-12/h8,10,15H,3-7H2,1-2H3. The number of carbonyl (C=O) groups excluding carboxylic acids is 1. The normalized spacial score (nSPS) is 19.8. The first kappa shape index (κ1) is 13.8. The molecule has 1 aromatic heterocycles. The van der Waals surface area contributed by atoms with Gasteiger partial charge >= 0.3 is 0 Å². The van der Waals surface area contributed by atoms with Crippen LogP contribution in [0, 0.1) is 6.92 Å². The second-order valence-corrected chi connectivity index (χ2v) is 5.91. The van der Waals surface area contributed by atoms with Crippen molar-refractivity contribution >= 4 is 28.8 Å². The van der Waals surface area contributed by atoms with E-state index in [4.69, 9.17) is 11.6 Å². The highest BCUT2D eigenvalue weighted by molar-refractivity contribution is 7.13. The van der Waals surface area contributed by atoms with Gasteiger partial charge in [0.2, 0.25) is 0 Å². The highest BCUT2D eigenvalue weighted by Crippen LogP contribution is 2.29. The van der Waals surface area contributed by atoms with Gasteiger partial charge in [0.05, 0.1) is 5.02 Å². The first-order valence-electron chi connectivity index (χ1n) is 6.40. The minimum Gasteiger partial charge on any atom is -0.334 e. The molecular formula is C13H19ClN2OS. The van der Waals surface area contributed by atoms with Crippen molar-refractivity contribution in [2.75, 3.05) is 19.6 Å². The van der Waals surface area contributed by atoms with E-state index in [2.05, 4.69) is 5.32 Å². The number of thiophene rings is 1. The van der Waals surface area contributed by atoms with E-state index in [1.165, 1.54) is 11.3 Å². The van der Waals surface area contributed by atoms with Crippen molar-refractivity contribution in [2.24, 2.45) is 0 Å². The average Bonchev–Trinajstić information content (AvgIpc) is 2.72. The molecule has 0 spiro atoms. The first-order chi connectivity index (χ1) is 8.65. The number of amides is 1. The number of carbonyl (C=O) groups is 1. The lowest BCUT2D eigenvalue weighted by Crippen LogP contribution is -2.48. The van der Waals surface area contributed by atoms with Gasteiger partial charge in [-0.15, -0.1) is 11.3 Å². The molecule has 1 amide bonds. The maximum absolute atomic E-state index is 12.5. The van der Waals surface area contributed by atoms with Crippen LogP contribution in [0.25, 0.3) is 0 Å². The number of nitrogens with one attached hydrogen (secondary N) is 1. The molecule has 1 unspecified atom stereocenters. The largest absolute Gasteiger partial charge is 0.334 e. The third-order valence-corrected chi connectivity index (χ3v) is 5.09. The Morgan fingerprint density at radius 2 is 2.44 bits per heavy atom. The Bertz CT molecular complexity index is 427. The van der Waals surface area contributed by atoms with Gasteiger partial charge in [-0.25, -0.2) is 0 Å². The fourth-order valence-corrected chi connectivity index (χ4v) is 3.60. The van der Waals surface area contributed by atoms with E-state index in [0.29, 0.717) is 15.9 Å². The van der Waals surface area contributed by atoms with E-state index >= 15 is 0 Å². The van der Waals surface area contributed by atoms with E-state index < -0.39 is 0 Å². The SMILES string of the molecule is CCN(C(=O)c1scc(C)c1Cl)C1CCCNC1. The van der Waals surface area contributed by atoms with Crippen LogP contribution in [0.4, 0.5) is 0 Å². The maximum Gasteiger partial charge on any atom is 0.265 e. The number of likely N-dealkylation sites (N-methyl/N-ethyl adjacent to an activating group) is 1. The molecule has 1 atom stereocenters. The quantitative estimate of drug-likeness (QED) is 0.927. The number of rotatable bonds is 3. The molecule has 1 aromatic rings. The van der Waals surface area contributed by atoms with Gasteiger partial charge in [0, 0.05) is 19.1 Å². The van der Waals surface area contributed by atoms with E-state index in [1.807, 2.05) is 24.1 Å². The molecule has 5 heteroatoms. The van der Waals surface area contributed by atoms with Crippen LogP contribution < -0.4 is 5.32 Å². The summed E-state index contributed by atoms with van der Waals surface area (Å²) in [6.45, 7) is 6.65. The van der Waals surface area contributed by atoms with Gasteiger partial charge in [-0.3, -0.25) is 4.79 Å². The molecule has 0 radical (unpaired) electrons. The van der Waals surface area contributed by atoms with Crippen molar-refractivity contribution in [3.63, 3.8) is 0 Å². The summed E-state index contributed by atoms with van der Waals surface area (Å²) in [4.78, 5) is 15.2. The Hall–Kier alpha value is -0.580. The third kappa shape index (κ3) is 2.71. The van der Waals surface area contributed by atoms with Crippen molar-refractivity contribution in [3.05, 3.63) is 20.8 Å². The zero-order chi connectivity index (χ0) is 13.1. The van der Waals surface area contributed by atoms with Gasteiger partial charge in [-0.1, -0.05) is 11.6 Å². The smallest absolute Gasteiger partial charge is 0.265 e. The monoisotopic (exact) mass is 286 g/mol. The highest BCUT2D eigenvalue weighted by atomic mass is 35.5. The number of piperidine rings is 1. The lowest BCUT2D eigenvalue weighted by molar-refractivity contribution is 0.0667. The number of hydrogen-bond donors (Lipinski definition) is 1. The predicted molar refractivity (Wildman–Crippen MR) is 76.7 cm³/mol. The van der Waals surface area contributed by atoms with Crippen molar-refractivity contribution in [2.45, 2.75) is 32.7 Å². The van der Waals surface area contributed by atoms with Crippen molar-refractivity contribution in [3.8, 4) is 0 Å². The van der Waals surface area contributed by atoms with Crippen molar-refractivity contribution < 1.29 is 4.79 Å². The van der Waals surface area contributed by atoms with E-state index in [1.54, 1.807) is 0 Å². The van der Waals surface area contributed by atoms with Crippen LogP contribution in [0.5, 0.6) is 0 Å². The molecule has 2 rings (SSSR count). The summed E-state index contributed by atoms with van der Waals surface area (Å²) < 4.78 is 0. The lowest BCUT2D eigenvalue weighted by atomic mass is 10.1. The second-order valence-electron chi connectivity index (χ2n) is 4.65. The highest BCUT2D eigenvalue weighted by Gasteiger charge is 2.27. The molecule has 18 heavy (non-hydrogen) atoms. The maximum atomic E-state index is 12.5. The number of nitrogens with zero attached hydrogens (tertiary/aromatic N) is 1. The summed E-state index contributed by atoms with van der Waals surface area (Å²) in [7, 11) is 0. The fourth-order valence-electron chi connectivity index (χ4n) is 2.37. The van der Waals surface area contributed by atoms with Crippen molar-refractivity contribution in [1.29, 1.82) is 0 Å². The molecule has 2 heterocycles. The Kier molecular flexibility index (Phi) is 4.65. The zero-order valence-electron chi connectivity index (χ0n) is 10.8. The summed E-state index contributed by atoms with van der Waals surface area (Å²) in [6.07, 6.45) is 2.21. The fraction of sp³-hybridized carbons (Fsp3) is 0.615. The van der Waals surface area contributed by atoms with E-state index in [0.717, 1.165) is 38.0 Å². The van der Waals surface area contributed by atoms with Crippen LogP contribution in [-0.2, 0) is 0 Å². The predicted octanol–water partition coefficient (Wildman–Crippen LogP) is 2.92. The topological polar surface area (TPSA) is 32.3 Å². The third-order valence-electron chi connectivity index (χ3n) is 3.41. The summed E-state index contributed by atoms with van der Waals surface area (Å²) in [5.41, 5.74) is 0.989. The molecular weight excluding hydrogens is 268 g/mol. The van der Waals surface area contributed by atoms with Crippen LogP contribution in [0.2, 0.25) is 5.02 Å². The molecule has 1 N–H and O–H groups in total. The molecule has 0 bridgehead atoms.